The molecule has 17 nitrogen and oxygen atoms in total. The summed E-state index contributed by atoms with van der Waals surface area (Å²) in [6.07, 6.45) is 97.4. The van der Waals surface area contributed by atoms with Crippen LogP contribution in [0.15, 0.2) is 170 Å². The number of hydrogen-bond donors (Lipinski definition) is 3. The van der Waals surface area contributed by atoms with Gasteiger partial charge in [-0.25, -0.2) is 9.13 Å². The molecule has 3 N–H and O–H groups in total. The minimum Gasteiger partial charge on any atom is -0.462 e. The van der Waals surface area contributed by atoms with Crippen LogP contribution in [0.25, 0.3) is 0 Å². The first-order chi connectivity index (χ1) is 53.7. The lowest BCUT2D eigenvalue weighted by Crippen LogP contribution is -2.30. The van der Waals surface area contributed by atoms with Gasteiger partial charge in [0.25, 0.3) is 0 Å². The lowest BCUT2D eigenvalue weighted by molar-refractivity contribution is -0.161. The first-order valence-electron chi connectivity index (χ1n) is 42.4. The van der Waals surface area contributed by atoms with Gasteiger partial charge in [-0.1, -0.05) is 294 Å². The van der Waals surface area contributed by atoms with Crippen molar-refractivity contribution in [3.8, 4) is 0 Å². The Kier molecular flexibility index (Phi) is 77.3. The first kappa shape index (κ1) is 104. The highest BCUT2D eigenvalue weighted by Gasteiger charge is 2.30. The lowest BCUT2D eigenvalue weighted by atomic mass is 10.1. The fraction of sp³-hybridized carbons (Fsp3) is 0.648. The fourth-order valence-electron chi connectivity index (χ4n) is 10.8. The molecule has 0 aromatic heterocycles. The summed E-state index contributed by atoms with van der Waals surface area (Å²) >= 11 is 0. The topological polar surface area (TPSA) is 237 Å². The zero-order chi connectivity index (χ0) is 80.3. The number of rotatable bonds is 78. The van der Waals surface area contributed by atoms with Crippen LogP contribution >= 0.6 is 15.6 Å². The highest BCUT2D eigenvalue weighted by atomic mass is 31.2. The van der Waals surface area contributed by atoms with Gasteiger partial charge in [-0.15, -0.1) is 0 Å². The average Bonchev–Trinajstić information content (AvgIpc) is 0.900. The number of phosphoric ester groups is 2. The summed E-state index contributed by atoms with van der Waals surface area (Å²) in [6.45, 7) is 4.44. The van der Waals surface area contributed by atoms with Crippen molar-refractivity contribution >= 4 is 39.5 Å². The van der Waals surface area contributed by atoms with E-state index in [0.717, 1.165) is 218 Å². The third kappa shape index (κ3) is 80.5. The third-order valence-electron chi connectivity index (χ3n) is 17.2. The van der Waals surface area contributed by atoms with E-state index in [0.29, 0.717) is 32.1 Å². The molecular weight excluding hydrogens is 1430 g/mol. The Labute approximate surface area is 667 Å². The standard InChI is InChI=1S/C91H150O17P2/c1-5-9-13-17-21-25-29-33-37-40-42-45-49-52-56-60-64-68-72-76-89(94)102-82-87(108-91(96)78-74-70-66-62-58-54-50-46-43-41-38-34-30-26-22-18-14-10-6-2)84-106-110(99,100)104-80-85(92)79-103-109(97,98)105-83-86(107-90(95)77-73-69-65-61-57-53-47-36-32-28-24-20-16-12-8-4)81-101-88(93)75-71-67-63-59-55-51-48-44-39-35-31-27-23-19-15-11-7-3/h9,11-13,15-16,21-28,33-39,42-43,45-47,57,61,85-87,92H,5-8,10,14,17-20,29-32,40-41,44,48-56,58-60,62-84H2,1-4H3,(H,97,98)(H,99,100)/b13-9-,15-11-,16-12-,25-21-,26-22-,27-23-,28-24-,37-33-,38-34-,39-35-,45-42-,46-43-,47-36-,61-57-. The van der Waals surface area contributed by atoms with Gasteiger partial charge in [-0.05, 0) is 173 Å². The quantitative estimate of drug-likeness (QED) is 0.0169. The second kappa shape index (κ2) is 81.4. The van der Waals surface area contributed by atoms with Gasteiger partial charge in [-0.2, -0.15) is 0 Å². The molecule has 0 aromatic rings. The predicted octanol–water partition coefficient (Wildman–Crippen LogP) is 25.3. The zero-order valence-electron chi connectivity index (χ0n) is 68.6. The number of carbonyl (C=O) groups is 4. The summed E-state index contributed by atoms with van der Waals surface area (Å²) in [6, 6.07) is 0. The Morgan fingerprint density at radius 3 is 0.745 bits per heavy atom. The van der Waals surface area contributed by atoms with Gasteiger partial charge >= 0.3 is 39.5 Å². The van der Waals surface area contributed by atoms with Crippen molar-refractivity contribution in [3.63, 3.8) is 0 Å². The van der Waals surface area contributed by atoms with Crippen molar-refractivity contribution < 1.29 is 80.2 Å². The van der Waals surface area contributed by atoms with Gasteiger partial charge in [0.1, 0.15) is 19.3 Å². The van der Waals surface area contributed by atoms with Crippen molar-refractivity contribution in [1.82, 2.24) is 0 Å². The van der Waals surface area contributed by atoms with Crippen molar-refractivity contribution in [3.05, 3.63) is 170 Å². The van der Waals surface area contributed by atoms with Crippen LogP contribution in [-0.4, -0.2) is 96.7 Å². The molecule has 0 amide bonds. The molecule has 110 heavy (non-hydrogen) atoms. The molecule has 0 aliphatic carbocycles. The van der Waals surface area contributed by atoms with Crippen LogP contribution in [0.1, 0.15) is 323 Å². The molecule has 5 unspecified atom stereocenters. The Morgan fingerprint density at radius 1 is 0.264 bits per heavy atom. The molecule has 626 valence electrons. The number of unbranched alkanes of at least 4 members (excludes halogenated alkanes) is 24. The van der Waals surface area contributed by atoms with E-state index in [9.17, 15) is 43.2 Å². The Bertz CT molecular complexity index is 2750. The summed E-state index contributed by atoms with van der Waals surface area (Å²) in [7, 11) is -10.0. The smallest absolute Gasteiger partial charge is 0.462 e. The summed E-state index contributed by atoms with van der Waals surface area (Å²) in [5, 5.41) is 10.7. The zero-order valence-corrected chi connectivity index (χ0v) is 70.4. The highest BCUT2D eigenvalue weighted by molar-refractivity contribution is 7.47. The summed E-state index contributed by atoms with van der Waals surface area (Å²) < 4.78 is 68.8. The van der Waals surface area contributed by atoms with Crippen LogP contribution in [-0.2, 0) is 65.4 Å². The second-order valence-electron chi connectivity index (χ2n) is 27.6. The van der Waals surface area contributed by atoms with Crippen LogP contribution in [0.2, 0.25) is 0 Å². The van der Waals surface area contributed by atoms with Gasteiger partial charge in [0.2, 0.25) is 0 Å². The van der Waals surface area contributed by atoms with Gasteiger partial charge < -0.3 is 33.8 Å². The highest BCUT2D eigenvalue weighted by Crippen LogP contribution is 2.45. The maximum absolute atomic E-state index is 13.1. The van der Waals surface area contributed by atoms with E-state index in [1.165, 1.54) is 19.3 Å². The molecule has 0 aromatic carbocycles. The van der Waals surface area contributed by atoms with Crippen LogP contribution in [0, 0.1) is 0 Å². The van der Waals surface area contributed by atoms with Crippen molar-refractivity contribution in [2.24, 2.45) is 0 Å². The van der Waals surface area contributed by atoms with Crippen molar-refractivity contribution in [2.75, 3.05) is 39.6 Å². The minimum atomic E-state index is -5.00. The van der Waals surface area contributed by atoms with Gasteiger partial charge in [-0.3, -0.25) is 37.3 Å². The van der Waals surface area contributed by atoms with Gasteiger partial charge in [0.15, 0.2) is 12.2 Å². The van der Waals surface area contributed by atoms with Crippen LogP contribution in [0.3, 0.4) is 0 Å². The summed E-state index contributed by atoms with van der Waals surface area (Å²) in [5.41, 5.74) is 0. The van der Waals surface area contributed by atoms with E-state index in [4.69, 9.17) is 37.0 Å². The number of carbonyl (C=O) groups excluding carboxylic acids is 4. The monoisotopic (exact) mass is 1580 g/mol. The summed E-state index contributed by atoms with van der Waals surface area (Å²) in [4.78, 5) is 73.3. The average molecular weight is 1580 g/mol. The van der Waals surface area contributed by atoms with E-state index >= 15 is 0 Å². The molecule has 0 saturated carbocycles. The van der Waals surface area contributed by atoms with Gasteiger partial charge in [0.05, 0.1) is 26.4 Å². The first-order valence-corrected chi connectivity index (χ1v) is 45.4. The Hall–Kier alpha value is -5.58. The maximum Gasteiger partial charge on any atom is 0.472 e. The minimum absolute atomic E-state index is 0.0348. The molecule has 0 bridgehead atoms. The lowest BCUT2D eigenvalue weighted by Gasteiger charge is -2.21. The van der Waals surface area contributed by atoms with Gasteiger partial charge in [0, 0.05) is 25.7 Å². The number of esters is 4. The number of hydrogen-bond acceptors (Lipinski definition) is 15. The van der Waals surface area contributed by atoms with E-state index in [-0.39, 0.29) is 25.7 Å². The molecule has 0 rings (SSSR count). The molecule has 0 heterocycles. The van der Waals surface area contributed by atoms with E-state index in [1.54, 1.807) is 0 Å². The van der Waals surface area contributed by atoms with E-state index in [2.05, 4.69) is 198 Å². The Balaban J connectivity index is 5.45. The van der Waals surface area contributed by atoms with Crippen LogP contribution < -0.4 is 0 Å². The molecule has 0 aliphatic rings. The summed E-state index contributed by atoms with van der Waals surface area (Å²) in [5.74, 6) is -2.27. The molecule has 19 heteroatoms. The predicted molar refractivity (Wildman–Crippen MR) is 454 cm³/mol. The number of aliphatic hydroxyl groups excluding tert-OH is 1. The maximum atomic E-state index is 13.1. The number of aliphatic hydroxyl groups is 1. The molecule has 0 saturated heterocycles. The normalized spacial score (nSPS) is 14.6. The van der Waals surface area contributed by atoms with Crippen LogP contribution in [0.5, 0.6) is 0 Å². The SMILES string of the molecule is CC/C=C\C/C=C\C/C=C\C/C=C\CCCCCCCCC(=O)OCC(COP(=O)(O)OCC(O)COP(=O)(O)OCC(COC(=O)CCCCCCCCC/C=C\C/C=C\C/C=C\CC)OC(=O)CCCC/C=C\C/C=C\C/C=C\C/C=C\CC)OC(=O)CCCCCCCC/C=C\C/C=C\C/C=C\CCCCC. The number of allylic oxidation sites excluding steroid dienone is 28. The molecule has 5 atom stereocenters. The molecule has 0 aliphatic heterocycles. The third-order valence-corrected chi connectivity index (χ3v) is 19.1. The van der Waals surface area contributed by atoms with Crippen LogP contribution in [0.4, 0.5) is 0 Å². The molecule has 0 fully saturated rings. The number of ether oxygens (including phenoxy) is 4. The van der Waals surface area contributed by atoms with E-state index < -0.39 is 97.5 Å². The van der Waals surface area contributed by atoms with Crippen molar-refractivity contribution in [2.45, 2.75) is 341 Å². The fourth-order valence-corrected chi connectivity index (χ4v) is 12.4. The second-order valence-corrected chi connectivity index (χ2v) is 30.5. The van der Waals surface area contributed by atoms with E-state index in [1.807, 2.05) is 0 Å². The Morgan fingerprint density at radius 2 is 0.473 bits per heavy atom. The molecule has 0 radical (unpaired) electrons. The number of phosphoric acid groups is 2. The van der Waals surface area contributed by atoms with Crippen molar-refractivity contribution in [1.29, 1.82) is 0 Å². The molecule has 0 spiro atoms. The molecular formula is C91H150O17P2. The largest absolute Gasteiger partial charge is 0.472 e.